The molecule has 110 valence electrons. The molecule has 2 unspecified atom stereocenters. The highest BCUT2D eigenvalue weighted by molar-refractivity contribution is 5.42. The van der Waals surface area contributed by atoms with E-state index in [0.29, 0.717) is 24.4 Å². The molecule has 1 aromatic carbocycles. The molecule has 0 spiro atoms. The van der Waals surface area contributed by atoms with Crippen LogP contribution in [0.2, 0.25) is 0 Å². The number of methoxy groups -OCH3 is 2. The normalized spacial score (nSPS) is 21.9. The van der Waals surface area contributed by atoms with Crippen molar-refractivity contribution in [3.63, 3.8) is 0 Å². The van der Waals surface area contributed by atoms with Crippen molar-refractivity contribution in [3.05, 3.63) is 33.9 Å². The minimum Gasteiger partial charge on any atom is -0.496 e. The third-order valence-corrected chi connectivity index (χ3v) is 3.71. The first-order chi connectivity index (χ1) is 9.62. The quantitative estimate of drug-likeness (QED) is 0.639. The van der Waals surface area contributed by atoms with Crippen molar-refractivity contribution in [2.75, 3.05) is 14.2 Å². The fourth-order valence-electron chi connectivity index (χ4n) is 2.57. The molecule has 0 aromatic heterocycles. The molecule has 1 aliphatic carbocycles. The maximum absolute atomic E-state index is 10.9. The molecule has 0 aliphatic heterocycles. The van der Waals surface area contributed by atoms with Crippen molar-refractivity contribution >= 4 is 5.69 Å². The highest BCUT2D eigenvalue weighted by Gasteiger charge is 2.23. The molecular weight excluding hydrogens is 260 g/mol. The van der Waals surface area contributed by atoms with E-state index in [1.54, 1.807) is 13.2 Å². The van der Waals surface area contributed by atoms with E-state index in [4.69, 9.17) is 9.47 Å². The van der Waals surface area contributed by atoms with E-state index in [0.717, 1.165) is 24.8 Å². The van der Waals surface area contributed by atoms with Gasteiger partial charge in [0.1, 0.15) is 5.75 Å². The summed E-state index contributed by atoms with van der Waals surface area (Å²) >= 11 is 0. The Balaban J connectivity index is 1.98. The standard InChI is InChI=1S/C14H20N2O4/c1-19-13-4-3-11(7-13)15-9-10-5-12(16(17)18)8-14(6-10)20-2/h5-6,8,11,13,15H,3-4,7,9H2,1-2H3. The highest BCUT2D eigenvalue weighted by atomic mass is 16.6. The van der Waals surface area contributed by atoms with Gasteiger partial charge in [-0.05, 0) is 30.9 Å². The van der Waals surface area contributed by atoms with Gasteiger partial charge in [-0.2, -0.15) is 0 Å². The first-order valence-electron chi connectivity index (χ1n) is 6.71. The van der Waals surface area contributed by atoms with Gasteiger partial charge in [-0.15, -0.1) is 0 Å². The van der Waals surface area contributed by atoms with Crippen LogP contribution in [0.15, 0.2) is 18.2 Å². The van der Waals surface area contributed by atoms with E-state index >= 15 is 0 Å². The molecule has 6 heteroatoms. The lowest BCUT2D eigenvalue weighted by Crippen LogP contribution is -2.26. The number of nitro groups is 1. The molecule has 2 atom stereocenters. The van der Waals surface area contributed by atoms with Crippen LogP contribution in [-0.4, -0.2) is 31.3 Å². The molecule has 0 saturated heterocycles. The molecule has 1 saturated carbocycles. The van der Waals surface area contributed by atoms with Gasteiger partial charge in [0.15, 0.2) is 0 Å². The molecule has 20 heavy (non-hydrogen) atoms. The van der Waals surface area contributed by atoms with Crippen LogP contribution in [0.3, 0.4) is 0 Å². The lowest BCUT2D eigenvalue weighted by molar-refractivity contribution is -0.385. The number of hydrogen-bond donors (Lipinski definition) is 1. The summed E-state index contributed by atoms with van der Waals surface area (Å²) in [5.74, 6) is 0.511. The summed E-state index contributed by atoms with van der Waals surface area (Å²) in [6, 6.07) is 5.24. The summed E-state index contributed by atoms with van der Waals surface area (Å²) in [5, 5.41) is 14.3. The highest BCUT2D eigenvalue weighted by Crippen LogP contribution is 2.24. The number of nitrogens with zero attached hydrogens (tertiary/aromatic N) is 1. The van der Waals surface area contributed by atoms with Crippen LogP contribution >= 0.6 is 0 Å². The van der Waals surface area contributed by atoms with E-state index in [9.17, 15) is 10.1 Å². The summed E-state index contributed by atoms with van der Waals surface area (Å²) < 4.78 is 10.4. The van der Waals surface area contributed by atoms with Crippen LogP contribution in [0.25, 0.3) is 0 Å². The molecule has 6 nitrogen and oxygen atoms in total. The Morgan fingerprint density at radius 2 is 2.15 bits per heavy atom. The van der Waals surface area contributed by atoms with Crippen LogP contribution in [0.4, 0.5) is 5.69 Å². The summed E-state index contributed by atoms with van der Waals surface area (Å²) in [4.78, 5) is 10.5. The second kappa shape index (κ2) is 6.67. The predicted octanol–water partition coefficient (Wildman–Crippen LogP) is 2.26. The average molecular weight is 280 g/mol. The Morgan fingerprint density at radius 1 is 1.35 bits per heavy atom. The molecular formula is C14H20N2O4. The Morgan fingerprint density at radius 3 is 2.75 bits per heavy atom. The van der Waals surface area contributed by atoms with E-state index in [1.807, 2.05) is 6.07 Å². The minimum atomic E-state index is -0.400. The van der Waals surface area contributed by atoms with Crippen molar-refractivity contribution in [3.8, 4) is 5.75 Å². The number of non-ortho nitro benzene ring substituents is 1. The van der Waals surface area contributed by atoms with Crippen LogP contribution < -0.4 is 10.1 Å². The van der Waals surface area contributed by atoms with Gasteiger partial charge in [0.2, 0.25) is 0 Å². The number of hydrogen-bond acceptors (Lipinski definition) is 5. The Labute approximate surface area is 118 Å². The number of ether oxygens (including phenoxy) is 2. The van der Waals surface area contributed by atoms with Crippen molar-refractivity contribution in [2.45, 2.75) is 38.0 Å². The summed E-state index contributed by atoms with van der Waals surface area (Å²) in [7, 11) is 3.24. The smallest absolute Gasteiger partial charge is 0.273 e. The van der Waals surface area contributed by atoms with Gasteiger partial charge >= 0.3 is 0 Å². The SMILES string of the molecule is COc1cc(CNC2CCC(OC)C2)cc([N+](=O)[O-])c1. The number of benzene rings is 1. The van der Waals surface area contributed by atoms with Crippen molar-refractivity contribution < 1.29 is 14.4 Å². The average Bonchev–Trinajstić information content (AvgIpc) is 2.92. The number of nitro benzene ring substituents is 1. The summed E-state index contributed by atoms with van der Waals surface area (Å²) in [6.45, 7) is 0.596. The molecule has 1 aliphatic rings. The molecule has 0 radical (unpaired) electrons. The summed E-state index contributed by atoms with van der Waals surface area (Å²) in [5.41, 5.74) is 0.916. The van der Waals surface area contributed by atoms with E-state index in [1.165, 1.54) is 13.2 Å². The van der Waals surface area contributed by atoms with Crippen molar-refractivity contribution in [2.24, 2.45) is 0 Å². The zero-order valence-corrected chi connectivity index (χ0v) is 11.8. The maximum Gasteiger partial charge on any atom is 0.273 e. The molecule has 0 amide bonds. The van der Waals surface area contributed by atoms with Crippen LogP contribution in [-0.2, 0) is 11.3 Å². The van der Waals surface area contributed by atoms with Gasteiger partial charge in [-0.3, -0.25) is 10.1 Å². The molecule has 0 heterocycles. The van der Waals surface area contributed by atoms with Crippen LogP contribution in [0.1, 0.15) is 24.8 Å². The number of nitrogens with one attached hydrogen (secondary N) is 1. The van der Waals surface area contributed by atoms with E-state index in [-0.39, 0.29) is 5.69 Å². The van der Waals surface area contributed by atoms with E-state index in [2.05, 4.69) is 5.32 Å². The lowest BCUT2D eigenvalue weighted by atomic mass is 10.1. The topological polar surface area (TPSA) is 73.6 Å². The molecule has 1 N–H and O–H groups in total. The Kier molecular flexibility index (Phi) is 4.92. The predicted molar refractivity (Wildman–Crippen MR) is 74.9 cm³/mol. The largest absolute Gasteiger partial charge is 0.496 e. The second-order valence-electron chi connectivity index (χ2n) is 5.04. The minimum absolute atomic E-state index is 0.0577. The van der Waals surface area contributed by atoms with Gasteiger partial charge in [-0.25, -0.2) is 0 Å². The lowest BCUT2D eigenvalue weighted by Gasteiger charge is -2.13. The Bertz CT molecular complexity index is 478. The monoisotopic (exact) mass is 280 g/mol. The van der Waals surface area contributed by atoms with Crippen LogP contribution in [0.5, 0.6) is 5.75 Å². The van der Waals surface area contributed by atoms with Gasteiger partial charge in [0.05, 0.1) is 24.2 Å². The van der Waals surface area contributed by atoms with E-state index < -0.39 is 4.92 Å². The fourth-order valence-corrected chi connectivity index (χ4v) is 2.57. The molecule has 1 fully saturated rings. The van der Waals surface area contributed by atoms with Crippen molar-refractivity contribution in [1.29, 1.82) is 0 Å². The first kappa shape index (κ1) is 14.7. The molecule has 2 rings (SSSR count). The zero-order valence-electron chi connectivity index (χ0n) is 11.8. The molecule has 0 bridgehead atoms. The second-order valence-corrected chi connectivity index (χ2v) is 5.04. The summed E-state index contributed by atoms with van der Waals surface area (Å²) in [6.07, 6.45) is 3.45. The zero-order chi connectivity index (χ0) is 14.5. The van der Waals surface area contributed by atoms with Gasteiger partial charge in [-0.1, -0.05) is 0 Å². The third-order valence-electron chi connectivity index (χ3n) is 3.71. The third kappa shape index (κ3) is 3.68. The van der Waals surface area contributed by atoms with Gasteiger partial charge in [0.25, 0.3) is 5.69 Å². The van der Waals surface area contributed by atoms with Crippen LogP contribution in [0, 0.1) is 10.1 Å². The van der Waals surface area contributed by atoms with Gasteiger partial charge < -0.3 is 14.8 Å². The first-order valence-corrected chi connectivity index (χ1v) is 6.71. The Hall–Kier alpha value is -1.66. The number of rotatable bonds is 6. The van der Waals surface area contributed by atoms with Crippen molar-refractivity contribution in [1.82, 2.24) is 5.32 Å². The fraction of sp³-hybridized carbons (Fsp3) is 0.571. The molecule has 1 aromatic rings. The maximum atomic E-state index is 10.9. The van der Waals surface area contributed by atoms with Gasteiger partial charge in [0, 0.05) is 25.8 Å².